The zero-order valence-corrected chi connectivity index (χ0v) is 9.43. The summed E-state index contributed by atoms with van der Waals surface area (Å²) in [5, 5.41) is 7.54. The Labute approximate surface area is 94.9 Å². The first kappa shape index (κ1) is 10.9. The van der Waals surface area contributed by atoms with Gasteiger partial charge in [-0.1, -0.05) is 0 Å². The highest BCUT2D eigenvalue weighted by atomic mass is 15.3. The quantitative estimate of drug-likeness (QED) is 0.767. The highest BCUT2D eigenvalue weighted by Crippen LogP contribution is 1.99. The van der Waals surface area contributed by atoms with Crippen molar-refractivity contribution in [3.05, 3.63) is 36.7 Å². The standard InChI is InChI=1S/C11H17N5/c1-10(3-5-16-9-13-8-15-16)14-7-11-2-4-12-6-11/h2,4,6,8-10,12,14H,3,5,7H2,1H3. The first-order valence-electron chi connectivity index (χ1n) is 5.52. The van der Waals surface area contributed by atoms with Crippen LogP contribution >= 0.6 is 0 Å². The molecule has 0 fully saturated rings. The molecule has 2 aromatic heterocycles. The third-order valence-electron chi connectivity index (χ3n) is 2.57. The van der Waals surface area contributed by atoms with E-state index in [0.29, 0.717) is 6.04 Å². The van der Waals surface area contributed by atoms with Crippen LogP contribution in [0.1, 0.15) is 18.9 Å². The Morgan fingerprint density at radius 2 is 2.50 bits per heavy atom. The van der Waals surface area contributed by atoms with E-state index in [2.05, 4.69) is 33.4 Å². The molecule has 0 radical (unpaired) electrons. The van der Waals surface area contributed by atoms with Gasteiger partial charge in [-0.2, -0.15) is 5.10 Å². The average molecular weight is 219 g/mol. The Hall–Kier alpha value is -1.62. The van der Waals surface area contributed by atoms with Crippen LogP contribution in [0.25, 0.3) is 0 Å². The second kappa shape index (κ2) is 5.46. The van der Waals surface area contributed by atoms with E-state index in [4.69, 9.17) is 0 Å². The summed E-state index contributed by atoms with van der Waals surface area (Å²) >= 11 is 0. The van der Waals surface area contributed by atoms with Gasteiger partial charge in [0.15, 0.2) is 0 Å². The molecule has 2 aromatic rings. The largest absolute Gasteiger partial charge is 0.367 e. The van der Waals surface area contributed by atoms with Crippen molar-refractivity contribution in [3.8, 4) is 0 Å². The lowest BCUT2D eigenvalue weighted by Crippen LogP contribution is -2.26. The Balaban J connectivity index is 1.66. The minimum Gasteiger partial charge on any atom is -0.367 e. The number of nitrogens with zero attached hydrogens (tertiary/aromatic N) is 3. The second-order valence-electron chi connectivity index (χ2n) is 3.95. The van der Waals surface area contributed by atoms with Gasteiger partial charge in [0, 0.05) is 31.5 Å². The number of nitrogens with one attached hydrogen (secondary N) is 2. The molecule has 0 aliphatic rings. The molecule has 2 rings (SSSR count). The van der Waals surface area contributed by atoms with Crippen molar-refractivity contribution in [3.63, 3.8) is 0 Å². The van der Waals surface area contributed by atoms with Crippen LogP contribution in [-0.2, 0) is 13.1 Å². The van der Waals surface area contributed by atoms with E-state index >= 15 is 0 Å². The topological polar surface area (TPSA) is 58.5 Å². The Morgan fingerprint density at radius 3 is 3.19 bits per heavy atom. The summed E-state index contributed by atoms with van der Waals surface area (Å²) in [5.41, 5.74) is 1.28. The van der Waals surface area contributed by atoms with Crippen molar-refractivity contribution in [1.82, 2.24) is 25.1 Å². The molecule has 0 aliphatic carbocycles. The molecule has 86 valence electrons. The van der Waals surface area contributed by atoms with Gasteiger partial charge in [-0.15, -0.1) is 0 Å². The van der Waals surface area contributed by atoms with Crippen molar-refractivity contribution in [2.24, 2.45) is 0 Å². The van der Waals surface area contributed by atoms with Crippen molar-refractivity contribution in [2.75, 3.05) is 0 Å². The predicted octanol–water partition coefficient (Wildman–Crippen LogP) is 1.17. The van der Waals surface area contributed by atoms with E-state index in [1.807, 2.05) is 17.1 Å². The molecule has 0 spiro atoms. The number of aryl methyl sites for hydroxylation is 1. The summed E-state index contributed by atoms with van der Waals surface area (Å²) in [6, 6.07) is 2.55. The monoisotopic (exact) mass is 219 g/mol. The van der Waals surface area contributed by atoms with Gasteiger partial charge in [-0.3, -0.25) is 4.68 Å². The van der Waals surface area contributed by atoms with E-state index in [9.17, 15) is 0 Å². The van der Waals surface area contributed by atoms with E-state index in [0.717, 1.165) is 19.5 Å². The molecule has 1 unspecified atom stereocenters. The SMILES string of the molecule is CC(CCn1cncn1)NCc1cc[nH]c1. The van der Waals surface area contributed by atoms with E-state index in [1.54, 1.807) is 12.7 Å². The molecule has 2 N–H and O–H groups in total. The highest BCUT2D eigenvalue weighted by molar-refractivity contribution is 5.07. The highest BCUT2D eigenvalue weighted by Gasteiger charge is 2.02. The fourth-order valence-corrected chi connectivity index (χ4v) is 1.54. The smallest absolute Gasteiger partial charge is 0.137 e. The van der Waals surface area contributed by atoms with E-state index < -0.39 is 0 Å². The minimum atomic E-state index is 0.471. The number of hydrogen-bond acceptors (Lipinski definition) is 3. The molecule has 0 bridgehead atoms. The maximum atomic E-state index is 4.07. The number of aromatic amines is 1. The summed E-state index contributed by atoms with van der Waals surface area (Å²) in [5.74, 6) is 0. The maximum Gasteiger partial charge on any atom is 0.137 e. The average Bonchev–Trinajstić information content (AvgIpc) is 2.96. The molecule has 16 heavy (non-hydrogen) atoms. The third-order valence-corrected chi connectivity index (χ3v) is 2.57. The number of hydrogen-bond donors (Lipinski definition) is 2. The van der Waals surface area contributed by atoms with Gasteiger partial charge >= 0.3 is 0 Å². The number of aromatic nitrogens is 4. The fraction of sp³-hybridized carbons (Fsp3) is 0.455. The van der Waals surface area contributed by atoms with Gasteiger partial charge in [0.25, 0.3) is 0 Å². The Morgan fingerprint density at radius 1 is 1.56 bits per heavy atom. The van der Waals surface area contributed by atoms with Crippen LogP contribution in [0.15, 0.2) is 31.1 Å². The molecule has 1 atom stereocenters. The zero-order chi connectivity index (χ0) is 11.2. The van der Waals surface area contributed by atoms with Gasteiger partial charge in [0.2, 0.25) is 0 Å². The van der Waals surface area contributed by atoms with Gasteiger partial charge in [-0.05, 0) is 25.0 Å². The molecular weight excluding hydrogens is 202 g/mol. The summed E-state index contributed by atoms with van der Waals surface area (Å²) in [6.07, 6.45) is 8.32. The molecule has 0 aliphatic heterocycles. The summed E-state index contributed by atoms with van der Waals surface area (Å²) in [4.78, 5) is 6.96. The van der Waals surface area contributed by atoms with E-state index in [1.165, 1.54) is 5.56 Å². The van der Waals surface area contributed by atoms with Gasteiger partial charge < -0.3 is 10.3 Å². The van der Waals surface area contributed by atoms with Crippen LogP contribution in [0.4, 0.5) is 0 Å². The zero-order valence-electron chi connectivity index (χ0n) is 9.43. The molecule has 5 nitrogen and oxygen atoms in total. The summed E-state index contributed by atoms with van der Waals surface area (Å²) < 4.78 is 1.86. The Bertz CT molecular complexity index is 340. The first-order valence-corrected chi connectivity index (χ1v) is 5.52. The minimum absolute atomic E-state index is 0.471. The van der Waals surface area contributed by atoms with Crippen LogP contribution in [0.3, 0.4) is 0 Å². The van der Waals surface area contributed by atoms with Crippen LogP contribution in [0.2, 0.25) is 0 Å². The lowest BCUT2D eigenvalue weighted by molar-refractivity contribution is 0.457. The molecule has 5 heteroatoms. The van der Waals surface area contributed by atoms with Crippen molar-refractivity contribution in [1.29, 1.82) is 0 Å². The molecule has 0 aromatic carbocycles. The van der Waals surface area contributed by atoms with Crippen molar-refractivity contribution < 1.29 is 0 Å². The normalized spacial score (nSPS) is 12.8. The van der Waals surface area contributed by atoms with Crippen LogP contribution in [0, 0.1) is 0 Å². The fourth-order valence-electron chi connectivity index (χ4n) is 1.54. The van der Waals surface area contributed by atoms with Crippen LogP contribution in [-0.4, -0.2) is 25.8 Å². The molecular formula is C11H17N5. The predicted molar refractivity (Wildman–Crippen MR) is 61.7 cm³/mol. The number of H-pyrrole nitrogens is 1. The summed E-state index contributed by atoms with van der Waals surface area (Å²) in [7, 11) is 0. The number of rotatable bonds is 6. The van der Waals surface area contributed by atoms with Crippen molar-refractivity contribution in [2.45, 2.75) is 32.5 Å². The lowest BCUT2D eigenvalue weighted by Gasteiger charge is -2.12. The molecule has 0 saturated carbocycles. The Kier molecular flexibility index (Phi) is 3.71. The lowest BCUT2D eigenvalue weighted by atomic mass is 10.2. The molecule has 0 saturated heterocycles. The van der Waals surface area contributed by atoms with E-state index in [-0.39, 0.29) is 0 Å². The first-order chi connectivity index (χ1) is 7.84. The molecule has 2 heterocycles. The van der Waals surface area contributed by atoms with Gasteiger partial charge in [0.1, 0.15) is 12.7 Å². The molecule has 0 amide bonds. The van der Waals surface area contributed by atoms with Gasteiger partial charge in [0.05, 0.1) is 0 Å². The summed E-state index contributed by atoms with van der Waals surface area (Å²) in [6.45, 7) is 3.99. The second-order valence-corrected chi connectivity index (χ2v) is 3.95. The van der Waals surface area contributed by atoms with Crippen LogP contribution < -0.4 is 5.32 Å². The maximum absolute atomic E-state index is 4.07. The van der Waals surface area contributed by atoms with Crippen molar-refractivity contribution >= 4 is 0 Å². The third kappa shape index (κ3) is 3.20. The van der Waals surface area contributed by atoms with Gasteiger partial charge in [-0.25, -0.2) is 4.98 Å². The van der Waals surface area contributed by atoms with Crippen LogP contribution in [0.5, 0.6) is 0 Å².